The highest BCUT2D eigenvalue weighted by Crippen LogP contribution is 2.10. The van der Waals surface area contributed by atoms with Crippen LogP contribution < -0.4 is 5.32 Å². The van der Waals surface area contributed by atoms with Crippen LogP contribution in [0.5, 0.6) is 5.75 Å². The third-order valence-electron chi connectivity index (χ3n) is 2.44. The van der Waals surface area contributed by atoms with E-state index in [-0.39, 0.29) is 12.4 Å². The predicted molar refractivity (Wildman–Crippen MR) is 63.3 cm³/mol. The van der Waals surface area contributed by atoms with Crippen molar-refractivity contribution >= 4 is 0 Å². The lowest BCUT2D eigenvalue weighted by molar-refractivity contribution is 0.242. The largest absolute Gasteiger partial charge is 0.508 e. The van der Waals surface area contributed by atoms with Gasteiger partial charge in [0.05, 0.1) is 6.54 Å². The molecule has 2 aromatic rings. The van der Waals surface area contributed by atoms with E-state index in [0.29, 0.717) is 18.8 Å². The van der Waals surface area contributed by atoms with Gasteiger partial charge in [-0.25, -0.2) is 0 Å². The van der Waals surface area contributed by atoms with Gasteiger partial charge < -0.3 is 19.9 Å². The number of hydrogen-bond donors (Lipinski definition) is 3. The second-order valence-corrected chi connectivity index (χ2v) is 3.80. The number of hydrogen-bond acceptors (Lipinski definition) is 4. The van der Waals surface area contributed by atoms with E-state index in [1.54, 1.807) is 18.2 Å². The summed E-state index contributed by atoms with van der Waals surface area (Å²) < 4.78 is 5.34. The minimum Gasteiger partial charge on any atom is -0.508 e. The van der Waals surface area contributed by atoms with Crippen molar-refractivity contribution in [3.8, 4) is 5.75 Å². The highest BCUT2D eigenvalue weighted by atomic mass is 16.4. The molecule has 0 atom stereocenters. The lowest BCUT2D eigenvalue weighted by Crippen LogP contribution is -2.11. The number of phenols is 1. The second-order valence-electron chi connectivity index (χ2n) is 3.80. The number of benzene rings is 1. The lowest BCUT2D eigenvalue weighted by atomic mass is 10.2. The second kappa shape index (κ2) is 5.52. The Bertz CT molecular complexity index is 462. The number of rotatable bonds is 5. The summed E-state index contributed by atoms with van der Waals surface area (Å²) in [5, 5.41) is 21.2. The van der Waals surface area contributed by atoms with Crippen LogP contribution in [-0.4, -0.2) is 10.2 Å². The minimum absolute atomic E-state index is 0.0715. The molecule has 0 radical (unpaired) electrons. The molecule has 0 aliphatic carbocycles. The Morgan fingerprint density at radius 3 is 2.29 bits per heavy atom. The Balaban J connectivity index is 1.81. The first-order valence-electron chi connectivity index (χ1n) is 5.45. The molecule has 2 rings (SSSR count). The SMILES string of the molecule is OCc1ccc(CNCc2ccc(O)cc2)o1. The van der Waals surface area contributed by atoms with Crippen LogP contribution in [0.4, 0.5) is 0 Å². The Kier molecular flexibility index (Phi) is 3.80. The Hall–Kier alpha value is -1.78. The van der Waals surface area contributed by atoms with Crippen molar-refractivity contribution in [1.82, 2.24) is 5.32 Å². The topological polar surface area (TPSA) is 65.6 Å². The van der Waals surface area contributed by atoms with Gasteiger partial charge in [-0.1, -0.05) is 12.1 Å². The molecule has 1 aromatic carbocycles. The highest BCUT2D eigenvalue weighted by Gasteiger charge is 2.00. The van der Waals surface area contributed by atoms with Gasteiger partial charge in [0, 0.05) is 6.54 Å². The van der Waals surface area contributed by atoms with Crippen LogP contribution in [0.25, 0.3) is 0 Å². The number of furan rings is 1. The lowest BCUT2D eigenvalue weighted by Gasteiger charge is -2.03. The third kappa shape index (κ3) is 3.34. The summed E-state index contributed by atoms with van der Waals surface area (Å²) in [6.07, 6.45) is 0. The molecule has 1 heterocycles. The summed E-state index contributed by atoms with van der Waals surface area (Å²) in [5.74, 6) is 1.65. The average Bonchev–Trinajstić information content (AvgIpc) is 2.80. The van der Waals surface area contributed by atoms with Gasteiger partial charge >= 0.3 is 0 Å². The molecule has 0 bridgehead atoms. The molecule has 0 unspecified atom stereocenters. The monoisotopic (exact) mass is 233 g/mol. The van der Waals surface area contributed by atoms with Crippen molar-refractivity contribution in [1.29, 1.82) is 0 Å². The Labute approximate surface area is 99.5 Å². The fourth-order valence-corrected chi connectivity index (χ4v) is 1.55. The summed E-state index contributed by atoms with van der Waals surface area (Å²) in [5.41, 5.74) is 1.09. The maximum Gasteiger partial charge on any atom is 0.129 e. The fraction of sp³-hybridized carbons (Fsp3) is 0.231. The van der Waals surface area contributed by atoms with Crippen LogP contribution in [-0.2, 0) is 19.7 Å². The molecular formula is C13H15NO3. The van der Waals surface area contributed by atoms with Crippen LogP contribution in [0, 0.1) is 0 Å². The number of aliphatic hydroxyl groups excluding tert-OH is 1. The van der Waals surface area contributed by atoms with E-state index in [4.69, 9.17) is 14.6 Å². The average molecular weight is 233 g/mol. The van der Waals surface area contributed by atoms with Crippen LogP contribution in [0.15, 0.2) is 40.8 Å². The maximum absolute atomic E-state index is 9.13. The van der Waals surface area contributed by atoms with E-state index in [1.165, 1.54) is 0 Å². The van der Waals surface area contributed by atoms with Crippen molar-refractivity contribution in [2.45, 2.75) is 19.7 Å². The number of nitrogens with one attached hydrogen (secondary N) is 1. The van der Waals surface area contributed by atoms with E-state index in [9.17, 15) is 0 Å². The van der Waals surface area contributed by atoms with Crippen LogP contribution in [0.3, 0.4) is 0 Å². The molecule has 4 nitrogen and oxygen atoms in total. The van der Waals surface area contributed by atoms with Crippen LogP contribution in [0.2, 0.25) is 0 Å². The van der Waals surface area contributed by atoms with Gasteiger partial charge in [0.2, 0.25) is 0 Å². The van der Waals surface area contributed by atoms with E-state index < -0.39 is 0 Å². The molecule has 90 valence electrons. The Morgan fingerprint density at radius 2 is 1.65 bits per heavy atom. The summed E-state index contributed by atoms with van der Waals surface area (Å²) in [6.45, 7) is 1.24. The molecule has 4 heteroatoms. The minimum atomic E-state index is -0.0715. The van der Waals surface area contributed by atoms with E-state index in [2.05, 4.69) is 5.32 Å². The van der Waals surface area contributed by atoms with Gasteiger partial charge in [0.1, 0.15) is 23.9 Å². The summed E-state index contributed by atoms with van der Waals surface area (Å²) in [7, 11) is 0. The fourth-order valence-electron chi connectivity index (χ4n) is 1.55. The molecule has 1 aromatic heterocycles. The van der Waals surface area contributed by atoms with Crippen LogP contribution >= 0.6 is 0 Å². The maximum atomic E-state index is 9.13. The van der Waals surface area contributed by atoms with Gasteiger partial charge in [-0.3, -0.25) is 0 Å². The molecule has 0 aliphatic rings. The number of aliphatic hydroxyl groups is 1. The first-order valence-corrected chi connectivity index (χ1v) is 5.45. The van der Waals surface area contributed by atoms with Crippen molar-refractivity contribution in [3.05, 3.63) is 53.5 Å². The zero-order chi connectivity index (χ0) is 12.1. The summed E-state index contributed by atoms with van der Waals surface area (Å²) in [6, 6.07) is 10.7. The molecule has 0 aliphatic heterocycles. The van der Waals surface area contributed by atoms with Gasteiger partial charge in [-0.15, -0.1) is 0 Å². The molecule has 17 heavy (non-hydrogen) atoms. The van der Waals surface area contributed by atoms with E-state index in [0.717, 1.165) is 11.3 Å². The number of aromatic hydroxyl groups is 1. The zero-order valence-corrected chi connectivity index (χ0v) is 9.39. The number of phenolic OH excluding ortho intramolecular Hbond substituents is 1. The predicted octanol–water partition coefficient (Wildman–Crippen LogP) is 1.77. The first-order chi connectivity index (χ1) is 8.28. The molecule has 3 N–H and O–H groups in total. The standard InChI is InChI=1S/C13H15NO3/c15-9-13-6-5-12(17-13)8-14-7-10-1-3-11(16)4-2-10/h1-6,14-16H,7-9H2. The summed E-state index contributed by atoms with van der Waals surface area (Å²) >= 11 is 0. The van der Waals surface area contributed by atoms with Crippen molar-refractivity contribution < 1.29 is 14.6 Å². The third-order valence-corrected chi connectivity index (χ3v) is 2.44. The Morgan fingerprint density at radius 1 is 0.941 bits per heavy atom. The van der Waals surface area contributed by atoms with Crippen molar-refractivity contribution in [3.63, 3.8) is 0 Å². The first kappa shape index (κ1) is 11.7. The quantitative estimate of drug-likeness (QED) is 0.736. The highest BCUT2D eigenvalue weighted by molar-refractivity contribution is 5.25. The van der Waals surface area contributed by atoms with E-state index in [1.807, 2.05) is 18.2 Å². The normalized spacial score (nSPS) is 10.6. The molecule has 0 fully saturated rings. The van der Waals surface area contributed by atoms with Gasteiger partial charge in [-0.05, 0) is 29.8 Å². The molecule has 0 amide bonds. The van der Waals surface area contributed by atoms with Gasteiger partial charge in [0.15, 0.2) is 0 Å². The molecule has 0 saturated carbocycles. The molecular weight excluding hydrogens is 218 g/mol. The molecule has 0 saturated heterocycles. The van der Waals surface area contributed by atoms with Gasteiger partial charge in [-0.2, -0.15) is 0 Å². The van der Waals surface area contributed by atoms with Gasteiger partial charge in [0.25, 0.3) is 0 Å². The smallest absolute Gasteiger partial charge is 0.129 e. The molecule has 0 spiro atoms. The van der Waals surface area contributed by atoms with Crippen LogP contribution in [0.1, 0.15) is 17.1 Å². The summed E-state index contributed by atoms with van der Waals surface area (Å²) in [4.78, 5) is 0. The van der Waals surface area contributed by atoms with Crippen molar-refractivity contribution in [2.24, 2.45) is 0 Å². The van der Waals surface area contributed by atoms with Crippen molar-refractivity contribution in [2.75, 3.05) is 0 Å². The van der Waals surface area contributed by atoms with E-state index >= 15 is 0 Å². The zero-order valence-electron chi connectivity index (χ0n) is 9.39.